The molecule has 0 radical (unpaired) electrons. The number of aromatic amines is 1. The molecule has 0 saturated carbocycles. The van der Waals surface area contributed by atoms with Crippen LogP contribution in [0.1, 0.15) is 17.0 Å². The topological polar surface area (TPSA) is 106 Å². The van der Waals surface area contributed by atoms with Crippen molar-refractivity contribution >= 4 is 17.1 Å². The zero-order valence-electron chi connectivity index (χ0n) is 17.3. The molecule has 0 fully saturated rings. The third-order valence-corrected chi connectivity index (χ3v) is 5.05. The summed E-state index contributed by atoms with van der Waals surface area (Å²) in [6, 6.07) is 15.4. The third kappa shape index (κ3) is 4.30. The highest BCUT2D eigenvalue weighted by molar-refractivity contribution is 5.79. The lowest BCUT2D eigenvalue weighted by Gasteiger charge is -2.23. The minimum atomic E-state index is -0.571. The predicted octanol–water partition coefficient (Wildman–Crippen LogP) is 1.36. The van der Waals surface area contributed by atoms with E-state index in [0.29, 0.717) is 13.1 Å². The van der Waals surface area contributed by atoms with Crippen molar-refractivity contribution in [2.24, 2.45) is 7.05 Å². The summed E-state index contributed by atoms with van der Waals surface area (Å²) < 4.78 is 2.72. The van der Waals surface area contributed by atoms with Crippen molar-refractivity contribution in [3.8, 4) is 0 Å². The standard InChI is InChI=1S/C22H22N6O3/c1-15-7-6-10-17(24-15)12-27(11-16-8-4-3-5-9-16)18(29)13-28-14-23-20-19(28)21(30)25-22(31)26(20)2/h3-10,14H,11-13H2,1-2H3,(H,25,30,31). The molecule has 3 heterocycles. The Morgan fingerprint density at radius 1 is 1.06 bits per heavy atom. The van der Waals surface area contributed by atoms with Gasteiger partial charge < -0.3 is 9.47 Å². The van der Waals surface area contributed by atoms with Gasteiger partial charge in [0, 0.05) is 19.3 Å². The Labute approximate surface area is 177 Å². The van der Waals surface area contributed by atoms with Crippen LogP contribution in [0.25, 0.3) is 11.2 Å². The summed E-state index contributed by atoms with van der Waals surface area (Å²) in [7, 11) is 1.52. The van der Waals surface area contributed by atoms with E-state index in [9.17, 15) is 14.4 Å². The Bertz CT molecular complexity index is 1350. The second kappa shape index (κ2) is 8.39. The fraction of sp³-hybridized carbons (Fsp3) is 0.227. The highest BCUT2D eigenvalue weighted by Crippen LogP contribution is 2.12. The zero-order valence-corrected chi connectivity index (χ0v) is 17.3. The molecule has 3 aromatic heterocycles. The molecular formula is C22H22N6O3. The normalized spacial score (nSPS) is 11.0. The highest BCUT2D eigenvalue weighted by atomic mass is 16.2. The smallest absolute Gasteiger partial charge is 0.329 e. The predicted molar refractivity (Wildman–Crippen MR) is 115 cm³/mol. The molecule has 0 saturated heterocycles. The SMILES string of the molecule is Cc1cccc(CN(Cc2ccccc2)C(=O)Cn2cnc3c2c(=O)[nH]c(=O)n3C)n1. The Kier molecular flexibility index (Phi) is 5.48. The Hall–Kier alpha value is -4.01. The van der Waals surface area contributed by atoms with E-state index in [-0.39, 0.29) is 23.6 Å². The van der Waals surface area contributed by atoms with Crippen LogP contribution in [0.2, 0.25) is 0 Å². The van der Waals surface area contributed by atoms with Crippen molar-refractivity contribution in [2.45, 2.75) is 26.6 Å². The molecule has 0 spiro atoms. The summed E-state index contributed by atoms with van der Waals surface area (Å²) in [5.74, 6) is -0.195. The van der Waals surface area contributed by atoms with Gasteiger partial charge in [-0.15, -0.1) is 0 Å². The molecule has 4 aromatic rings. The number of benzene rings is 1. The number of carbonyl (C=O) groups excluding carboxylic acids is 1. The number of nitrogens with zero attached hydrogens (tertiary/aromatic N) is 5. The van der Waals surface area contributed by atoms with E-state index in [1.807, 2.05) is 55.5 Å². The number of hydrogen-bond donors (Lipinski definition) is 1. The Morgan fingerprint density at radius 3 is 2.58 bits per heavy atom. The average molecular weight is 418 g/mol. The molecule has 9 nitrogen and oxygen atoms in total. The fourth-order valence-electron chi connectivity index (χ4n) is 3.47. The van der Waals surface area contributed by atoms with Crippen LogP contribution in [-0.2, 0) is 31.5 Å². The van der Waals surface area contributed by atoms with Gasteiger partial charge in [0.2, 0.25) is 5.91 Å². The lowest BCUT2D eigenvalue weighted by atomic mass is 10.2. The molecule has 0 bridgehead atoms. The maximum atomic E-state index is 13.3. The molecule has 0 aliphatic carbocycles. The molecule has 0 unspecified atom stereocenters. The highest BCUT2D eigenvalue weighted by Gasteiger charge is 2.19. The summed E-state index contributed by atoms with van der Waals surface area (Å²) in [6.45, 7) is 2.55. The largest absolute Gasteiger partial charge is 0.331 e. The van der Waals surface area contributed by atoms with Gasteiger partial charge in [-0.2, -0.15) is 0 Å². The first kappa shape index (κ1) is 20.3. The molecule has 1 amide bonds. The number of imidazole rings is 1. The molecule has 0 aliphatic heterocycles. The molecule has 0 atom stereocenters. The van der Waals surface area contributed by atoms with Crippen LogP contribution in [-0.4, -0.2) is 34.9 Å². The lowest BCUT2D eigenvalue weighted by Crippen LogP contribution is -2.34. The van der Waals surface area contributed by atoms with Crippen LogP contribution in [0.15, 0.2) is 64.4 Å². The van der Waals surface area contributed by atoms with Crippen molar-refractivity contribution in [3.63, 3.8) is 0 Å². The number of fused-ring (bicyclic) bond motifs is 1. The molecule has 1 N–H and O–H groups in total. The number of hydrogen-bond acceptors (Lipinski definition) is 5. The number of amides is 1. The number of aromatic nitrogens is 5. The van der Waals surface area contributed by atoms with Crippen LogP contribution in [0.4, 0.5) is 0 Å². The van der Waals surface area contributed by atoms with Crippen molar-refractivity contribution in [3.05, 3.63) is 92.6 Å². The van der Waals surface area contributed by atoms with Gasteiger partial charge in [0.1, 0.15) is 6.54 Å². The first-order chi connectivity index (χ1) is 14.9. The molecule has 4 rings (SSSR count). The Morgan fingerprint density at radius 2 is 1.84 bits per heavy atom. The van der Waals surface area contributed by atoms with Crippen LogP contribution in [0, 0.1) is 6.92 Å². The number of carbonyl (C=O) groups is 1. The van der Waals surface area contributed by atoms with E-state index >= 15 is 0 Å². The summed E-state index contributed by atoms with van der Waals surface area (Å²) in [4.78, 5) is 50.0. The van der Waals surface area contributed by atoms with Crippen molar-refractivity contribution in [2.75, 3.05) is 0 Å². The average Bonchev–Trinajstić information content (AvgIpc) is 3.17. The van der Waals surface area contributed by atoms with E-state index in [2.05, 4.69) is 15.0 Å². The fourth-order valence-corrected chi connectivity index (χ4v) is 3.47. The van der Waals surface area contributed by atoms with Gasteiger partial charge in [-0.05, 0) is 24.6 Å². The van der Waals surface area contributed by atoms with E-state index in [0.717, 1.165) is 17.0 Å². The first-order valence-corrected chi connectivity index (χ1v) is 9.81. The number of nitrogens with one attached hydrogen (secondary N) is 1. The zero-order chi connectivity index (χ0) is 22.0. The van der Waals surface area contributed by atoms with E-state index in [4.69, 9.17) is 0 Å². The van der Waals surface area contributed by atoms with Crippen molar-refractivity contribution in [1.29, 1.82) is 0 Å². The molecule has 9 heteroatoms. The van der Waals surface area contributed by atoms with Crippen LogP contribution < -0.4 is 11.2 Å². The van der Waals surface area contributed by atoms with E-state index in [1.54, 1.807) is 4.90 Å². The minimum Gasteiger partial charge on any atom is -0.331 e. The van der Waals surface area contributed by atoms with Crippen LogP contribution in [0.5, 0.6) is 0 Å². The van der Waals surface area contributed by atoms with Gasteiger partial charge in [0.05, 0.1) is 18.6 Å². The van der Waals surface area contributed by atoms with Gasteiger partial charge >= 0.3 is 5.69 Å². The molecule has 0 aliphatic rings. The van der Waals surface area contributed by atoms with Crippen LogP contribution >= 0.6 is 0 Å². The quantitative estimate of drug-likeness (QED) is 0.509. The molecular weight excluding hydrogens is 396 g/mol. The second-order valence-electron chi connectivity index (χ2n) is 7.37. The number of pyridine rings is 1. The summed E-state index contributed by atoms with van der Waals surface area (Å²) in [5.41, 5.74) is 1.93. The summed E-state index contributed by atoms with van der Waals surface area (Å²) >= 11 is 0. The molecule has 1 aromatic carbocycles. The number of rotatable bonds is 6. The first-order valence-electron chi connectivity index (χ1n) is 9.81. The maximum Gasteiger partial charge on any atom is 0.329 e. The lowest BCUT2D eigenvalue weighted by molar-refractivity contribution is -0.133. The second-order valence-corrected chi connectivity index (χ2v) is 7.37. The van der Waals surface area contributed by atoms with Gasteiger partial charge in [-0.1, -0.05) is 36.4 Å². The number of aryl methyl sites for hydroxylation is 2. The van der Waals surface area contributed by atoms with Gasteiger partial charge in [0.25, 0.3) is 5.56 Å². The van der Waals surface area contributed by atoms with Gasteiger partial charge in [-0.3, -0.25) is 24.1 Å². The van der Waals surface area contributed by atoms with Crippen molar-refractivity contribution in [1.82, 2.24) is 29.0 Å². The third-order valence-electron chi connectivity index (χ3n) is 5.05. The summed E-state index contributed by atoms with van der Waals surface area (Å²) in [5, 5.41) is 0. The summed E-state index contributed by atoms with van der Waals surface area (Å²) in [6.07, 6.45) is 1.41. The minimum absolute atomic E-state index is 0.0869. The monoisotopic (exact) mass is 418 g/mol. The Balaban J connectivity index is 1.66. The molecule has 158 valence electrons. The van der Waals surface area contributed by atoms with E-state index < -0.39 is 11.2 Å². The molecule has 31 heavy (non-hydrogen) atoms. The van der Waals surface area contributed by atoms with Crippen molar-refractivity contribution < 1.29 is 4.79 Å². The maximum absolute atomic E-state index is 13.3. The van der Waals surface area contributed by atoms with E-state index in [1.165, 1.54) is 22.5 Å². The van der Waals surface area contributed by atoms with Crippen LogP contribution in [0.3, 0.4) is 0 Å². The van der Waals surface area contributed by atoms with Gasteiger partial charge in [-0.25, -0.2) is 9.78 Å². The number of H-pyrrole nitrogens is 1. The van der Waals surface area contributed by atoms with Gasteiger partial charge in [0.15, 0.2) is 11.2 Å².